The summed E-state index contributed by atoms with van der Waals surface area (Å²) >= 11 is 0. The first-order valence-corrected chi connectivity index (χ1v) is 11.7. The third-order valence-electron chi connectivity index (χ3n) is 5.76. The Kier molecular flexibility index (Phi) is 8.42. The normalized spacial score (nSPS) is 26.2. The van der Waals surface area contributed by atoms with Gasteiger partial charge in [-0.15, -0.1) is 0 Å². The van der Waals surface area contributed by atoms with Crippen molar-refractivity contribution in [3.63, 3.8) is 0 Å². The van der Waals surface area contributed by atoms with Crippen molar-refractivity contribution in [3.05, 3.63) is 0 Å². The van der Waals surface area contributed by atoms with Gasteiger partial charge in [0.05, 0.1) is 0 Å². The van der Waals surface area contributed by atoms with Gasteiger partial charge in [-0.2, -0.15) is 17.5 Å². The first-order valence-electron chi connectivity index (χ1n) is 10.3. The summed E-state index contributed by atoms with van der Waals surface area (Å²) in [6.45, 7) is 5.22. The van der Waals surface area contributed by atoms with E-state index in [2.05, 4.69) is 22.5 Å². The van der Waals surface area contributed by atoms with Crippen molar-refractivity contribution in [2.45, 2.75) is 70.3 Å². The fraction of sp³-hybridized carbons (Fsp3) is 0.944. The van der Waals surface area contributed by atoms with E-state index in [9.17, 15) is 21.6 Å². The molecule has 2 fully saturated rings. The van der Waals surface area contributed by atoms with Crippen LogP contribution in [0.3, 0.4) is 0 Å². The summed E-state index contributed by atoms with van der Waals surface area (Å²) in [6, 6.07) is 0.398. The van der Waals surface area contributed by atoms with E-state index in [0.29, 0.717) is 29.7 Å². The molecular weight excluding hydrogens is 393 g/mol. The van der Waals surface area contributed by atoms with Gasteiger partial charge in [0, 0.05) is 32.2 Å². The smallest absolute Gasteiger partial charge is 0.357 e. The number of hydrogen-bond acceptors (Lipinski definition) is 3. The Hall–Kier alpha value is -1.03. The molecule has 1 saturated heterocycles. The minimum Gasteiger partial charge on any atom is -0.357 e. The molecule has 0 aromatic heterocycles. The Morgan fingerprint density at radius 1 is 1.11 bits per heavy atom. The van der Waals surface area contributed by atoms with Gasteiger partial charge in [0.1, 0.15) is 0 Å². The van der Waals surface area contributed by atoms with Crippen LogP contribution < -0.4 is 10.6 Å². The van der Waals surface area contributed by atoms with Gasteiger partial charge in [-0.3, -0.25) is 4.99 Å². The fourth-order valence-corrected chi connectivity index (χ4v) is 4.99. The van der Waals surface area contributed by atoms with Crippen LogP contribution >= 0.6 is 0 Å². The molecule has 2 aliphatic rings. The molecule has 2 N–H and O–H groups in total. The first-order chi connectivity index (χ1) is 13.2. The molecule has 0 amide bonds. The van der Waals surface area contributed by atoms with Crippen molar-refractivity contribution in [1.82, 2.24) is 14.9 Å². The Morgan fingerprint density at radius 2 is 1.79 bits per heavy atom. The van der Waals surface area contributed by atoms with Crippen LogP contribution in [-0.2, 0) is 10.0 Å². The van der Waals surface area contributed by atoms with E-state index in [1.165, 1.54) is 19.3 Å². The maximum Gasteiger partial charge on any atom is 0.511 e. The Morgan fingerprint density at radius 3 is 2.36 bits per heavy atom. The third kappa shape index (κ3) is 6.23. The van der Waals surface area contributed by atoms with E-state index in [1.807, 2.05) is 6.92 Å². The number of nitrogens with one attached hydrogen (secondary N) is 2. The topological polar surface area (TPSA) is 73.8 Å². The highest BCUT2D eigenvalue weighted by molar-refractivity contribution is 7.90. The third-order valence-corrected chi connectivity index (χ3v) is 7.39. The number of guanidine groups is 1. The lowest BCUT2D eigenvalue weighted by Crippen LogP contribution is -2.46. The van der Waals surface area contributed by atoms with Gasteiger partial charge < -0.3 is 10.6 Å². The van der Waals surface area contributed by atoms with Gasteiger partial charge in [0.25, 0.3) is 0 Å². The molecule has 0 radical (unpaired) electrons. The van der Waals surface area contributed by atoms with E-state index >= 15 is 0 Å². The van der Waals surface area contributed by atoms with E-state index in [4.69, 9.17) is 0 Å². The number of sulfonamides is 1. The summed E-state index contributed by atoms with van der Waals surface area (Å²) in [5.74, 6) is 1.58. The summed E-state index contributed by atoms with van der Waals surface area (Å²) in [6.07, 6.45) is 6.71. The zero-order chi connectivity index (χ0) is 20.8. The molecule has 1 saturated carbocycles. The highest BCUT2D eigenvalue weighted by Gasteiger charge is 2.50. The molecule has 0 aromatic rings. The maximum absolute atomic E-state index is 12.7. The lowest BCUT2D eigenvalue weighted by molar-refractivity contribution is -0.0496. The number of alkyl halides is 3. The molecular formula is C18H33F3N4O2S. The van der Waals surface area contributed by atoms with E-state index in [1.54, 1.807) is 0 Å². The lowest BCUT2D eigenvalue weighted by Gasteiger charge is -2.32. The van der Waals surface area contributed by atoms with Crippen LogP contribution in [0.1, 0.15) is 58.8 Å². The molecule has 0 aromatic carbocycles. The fourth-order valence-electron chi connectivity index (χ4n) is 4.01. The number of rotatable bonds is 6. The highest BCUT2D eigenvalue weighted by Crippen LogP contribution is 2.30. The molecule has 2 atom stereocenters. The monoisotopic (exact) mass is 426 g/mol. The summed E-state index contributed by atoms with van der Waals surface area (Å²) < 4.78 is 61.5. The average molecular weight is 427 g/mol. The lowest BCUT2D eigenvalue weighted by atomic mass is 9.84. The largest absolute Gasteiger partial charge is 0.511 e. The summed E-state index contributed by atoms with van der Waals surface area (Å²) in [5.41, 5.74) is -5.23. The molecule has 1 aliphatic carbocycles. The van der Waals surface area contributed by atoms with Crippen LogP contribution in [0.25, 0.3) is 0 Å². The van der Waals surface area contributed by atoms with Gasteiger partial charge in [0.15, 0.2) is 5.96 Å². The molecule has 164 valence electrons. The number of aliphatic imine (C=N–C) groups is 1. The molecule has 28 heavy (non-hydrogen) atoms. The molecule has 10 heteroatoms. The van der Waals surface area contributed by atoms with Gasteiger partial charge in [-0.1, -0.05) is 26.2 Å². The van der Waals surface area contributed by atoms with Crippen molar-refractivity contribution in [2.75, 3.05) is 26.2 Å². The minimum absolute atomic E-state index is 0.0879. The Bertz CT molecular complexity index is 617. The van der Waals surface area contributed by atoms with Gasteiger partial charge >= 0.3 is 15.5 Å². The number of halogens is 3. The van der Waals surface area contributed by atoms with Crippen LogP contribution in [0.5, 0.6) is 0 Å². The van der Waals surface area contributed by atoms with Gasteiger partial charge in [-0.25, -0.2) is 8.42 Å². The second-order valence-electron chi connectivity index (χ2n) is 7.79. The zero-order valence-electron chi connectivity index (χ0n) is 16.8. The molecule has 1 aliphatic heterocycles. The van der Waals surface area contributed by atoms with Crippen LogP contribution in [0, 0.1) is 11.8 Å². The summed E-state index contributed by atoms with van der Waals surface area (Å²) in [5, 5.41) is 6.74. The standard InChI is InChI=1S/C18H33F3N4O2S/c1-3-14-6-5-7-16(12-14)24-17(22-4-2)23-13-15-8-10-25(11-9-15)28(26,27)18(19,20)21/h14-16H,3-13H2,1-2H3,(H2,22,23,24). The van der Waals surface area contributed by atoms with Crippen molar-refractivity contribution in [3.8, 4) is 0 Å². The highest BCUT2D eigenvalue weighted by atomic mass is 32.2. The molecule has 2 unspecified atom stereocenters. The van der Waals surface area contributed by atoms with Crippen LogP contribution in [0.2, 0.25) is 0 Å². The predicted molar refractivity (Wildman–Crippen MR) is 104 cm³/mol. The van der Waals surface area contributed by atoms with Gasteiger partial charge in [-0.05, 0) is 44.4 Å². The Balaban J connectivity index is 1.87. The van der Waals surface area contributed by atoms with Crippen LogP contribution in [0.4, 0.5) is 13.2 Å². The van der Waals surface area contributed by atoms with E-state index in [-0.39, 0.29) is 19.0 Å². The number of hydrogen-bond donors (Lipinski definition) is 2. The van der Waals surface area contributed by atoms with Crippen LogP contribution in [-0.4, -0.2) is 56.4 Å². The molecule has 2 rings (SSSR count). The second-order valence-corrected chi connectivity index (χ2v) is 9.72. The predicted octanol–water partition coefficient (Wildman–Crippen LogP) is 3.07. The van der Waals surface area contributed by atoms with E-state index < -0.39 is 15.5 Å². The molecule has 6 nitrogen and oxygen atoms in total. The second kappa shape index (κ2) is 10.1. The van der Waals surface area contributed by atoms with Gasteiger partial charge in [0.2, 0.25) is 0 Å². The maximum atomic E-state index is 12.7. The molecule has 0 spiro atoms. The van der Waals surface area contributed by atoms with Crippen LogP contribution in [0.15, 0.2) is 4.99 Å². The summed E-state index contributed by atoms with van der Waals surface area (Å²) in [7, 11) is -5.22. The Labute approximate surface area is 166 Å². The van der Waals surface area contributed by atoms with Crippen molar-refractivity contribution < 1.29 is 21.6 Å². The molecule has 1 heterocycles. The number of nitrogens with zero attached hydrogens (tertiary/aromatic N) is 2. The van der Waals surface area contributed by atoms with Crippen molar-refractivity contribution >= 4 is 16.0 Å². The van der Waals surface area contributed by atoms with Crippen molar-refractivity contribution in [1.29, 1.82) is 0 Å². The zero-order valence-corrected chi connectivity index (χ0v) is 17.6. The quantitative estimate of drug-likeness (QED) is 0.506. The van der Waals surface area contributed by atoms with E-state index in [0.717, 1.165) is 31.3 Å². The SMILES string of the molecule is CCNC(=NCC1CCN(S(=O)(=O)C(F)(F)F)CC1)NC1CCCC(CC)C1. The summed E-state index contributed by atoms with van der Waals surface area (Å²) in [4.78, 5) is 4.62. The molecule has 0 bridgehead atoms. The average Bonchev–Trinajstić information content (AvgIpc) is 2.66. The number of piperidine rings is 1. The van der Waals surface area contributed by atoms with Crippen molar-refractivity contribution in [2.24, 2.45) is 16.8 Å². The first kappa shape index (κ1) is 23.3. The minimum atomic E-state index is -5.23.